The first-order valence-corrected chi connectivity index (χ1v) is 8.53. The number of alkyl halides is 3. The van der Waals surface area contributed by atoms with Crippen LogP contribution in [-0.2, 0) is 10.0 Å². The molecule has 0 unspecified atom stereocenters. The van der Waals surface area contributed by atoms with Gasteiger partial charge in [0.15, 0.2) is 5.75 Å². The normalized spacial score (nSPS) is 11.7. The lowest BCUT2D eigenvalue weighted by Gasteiger charge is -2.15. The van der Waals surface area contributed by atoms with Crippen molar-refractivity contribution in [2.24, 2.45) is 0 Å². The standard InChI is InChI=1S/C14H7Cl2F3N2O3S/c15-9-2-4-13(10(16)6-9)25(22,23)21-11-3-1-8(7-20)5-12(11)24-14(17,18)19/h1-6,21H. The third-order valence-corrected chi connectivity index (χ3v) is 4.85. The van der Waals surface area contributed by atoms with E-state index in [9.17, 15) is 21.6 Å². The molecule has 5 nitrogen and oxygen atoms in total. The molecule has 2 rings (SSSR count). The molecular weight excluding hydrogens is 404 g/mol. The molecule has 0 aliphatic heterocycles. The Labute approximate surface area is 150 Å². The maximum absolute atomic E-state index is 12.5. The van der Waals surface area contributed by atoms with E-state index in [0.717, 1.165) is 24.3 Å². The molecule has 2 aromatic rings. The lowest BCUT2D eigenvalue weighted by atomic mass is 10.2. The van der Waals surface area contributed by atoms with Gasteiger partial charge in [0.1, 0.15) is 4.90 Å². The Balaban J connectivity index is 2.46. The highest BCUT2D eigenvalue weighted by molar-refractivity contribution is 7.92. The van der Waals surface area contributed by atoms with Crippen LogP contribution >= 0.6 is 23.2 Å². The minimum Gasteiger partial charge on any atom is -0.403 e. The largest absolute Gasteiger partial charge is 0.573 e. The number of benzene rings is 2. The van der Waals surface area contributed by atoms with Crippen LogP contribution in [0.3, 0.4) is 0 Å². The first-order chi connectivity index (χ1) is 11.5. The fourth-order valence-electron chi connectivity index (χ4n) is 1.78. The van der Waals surface area contributed by atoms with Gasteiger partial charge in [0.25, 0.3) is 10.0 Å². The number of rotatable bonds is 4. The third-order valence-electron chi connectivity index (χ3n) is 2.76. The summed E-state index contributed by atoms with van der Waals surface area (Å²) in [5, 5.41) is 8.74. The fraction of sp³-hybridized carbons (Fsp3) is 0.0714. The molecule has 0 aliphatic carbocycles. The minimum atomic E-state index is -5.08. The molecule has 0 bridgehead atoms. The molecule has 0 saturated carbocycles. The van der Waals surface area contributed by atoms with Gasteiger partial charge in [-0.2, -0.15) is 5.26 Å². The summed E-state index contributed by atoms with van der Waals surface area (Å²) in [6.45, 7) is 0. The Bertz CT molecular complexity index is 957. The topological polar surface area (TPSA) is 79.2 Å². The van der Waals surface area contributed by atoms with Crippen LogP contribution in [0.1, 0.15) is 5.56 Å². The molecule has 0 fully saturated rings. The van der Waals surface area contributed by atoms with E-state index in [1.807, 2.05) is 4.72 Å². The highest BCUT2D eigenvalue weighted by Gasteiger charge is 2.33. The smallest absolute Gasteiger partial charge is 0.403 e. The van der Waals surface area contributed by atoms with Gasteiger partial charge in [-0.1, -0.05) is 23.2 Å². The van der Waals surface area contributed by atoms with E-state index in [0.29, 0.717) is 0 Å². The summed E-state index contributed by atoms with van der Waals surface area (Å²) in [5.41, 5.74) is -0.658. The van der Waals surface area contributed by atoms with Crippen LogP contribution < -0.4 is 9.46 Å². The molecule has 0 saturated heterocycles. The van der Waals surface area contributed by atoms with Gasteiger partial charge in [-0.05, 0) is 30.3 Å². The van der Waals surface area contributed by atoms with Crippen LogP contribution in [0.5, 0.6) is 5.75 Å². The number of nitrogens with one attached hydrogen (secondary N) is 1. The number of nitriles is 1. The number of nitrogens with zero attached hydrogens (tertiary/aromatic N) is 1. The van der Waals surface area contributed by atoms with E-state index < -0.39 is 27.8 Å². The van der Waals surface area contributed by atoms with Gasteiger partial charge < -0.3 is 4.74 Å². The van der Waals surface area contributed by atoms with Crippen LogP contribution in [-0.4, -0.2) is 14.8 Å². The lowest BCUT2D eigenvalue weighted by molar-refractivity contribution is -0.274. The predicted molar refractivity (Wildman–Crippen MR) is 85.1 cm³/mol. The molecule has 1 N–H and O–H groups in total. The van der Waals surface area contributed by atoms with E-state index in [4.69, 9.17) is 28.5 Å². The van der Waals surface area contributed by atoms with Crippen molar-refractivity contribution in [2.75, 3.05) is 4.72 Å². The summed E-state index contributed by atoms with van der Waals surface area (Å²) < 4.78 is 68.0. The molecule has 0 aliphatic rings. The zero-order valence-electron chi connectivity index (χ0n) is 11.9. The Morgan fingerprint density at radius 1 is 1.12 bits per heavy atom. The summed E-state index contributed by atoms with van der Waals surface area (Å²) in [6, 6.07) is 8.02. The van der Waals surface area contributed by atoms with Crippen molar-refractivity contribution in [2.45, 2.75) is 11.3 Å². The predicted octanol–water partition coefficient (Wildman–Crippen LogP) is 4.56. The highest BCUT2D eigenvalue weighted by atomic mass is 35.5. The first kappa shape index (κ1) is 19.2. The number of hydrogen-bond acceptors (Lipinski definition) is 4. The molecule has 0 spiro atoms. The second-order valence-corrected chi connectivity index (χ2v) is 7.05. The van der Waals surface area contributed by atoms with Gasteiger partial charge in [0.05, 0.1) is 22.3 Å². The molecule has 0 radical (unpaired) electrons. The Kier molecular flexibility index (Phi) is 5.37. The van der Waals surface area contributed by atoms with Gasteiger partial charge in [0, 0.05) is 11.1 Å². The van der Waals surface area contributed by atoms with Crippen molar-refractivity contribution in [1.29, 1.82) is 5.26 Å². The highest BCUT2D eigenvalue weighted by Crippen LogP contribution is 2.34. The number of hydrogen-bond donors (Lipinski definition) is 1. The lowest BCUT2D eigenvalue weighted by Crippen LogP contribution is -2.20. The van der Waals surface area contributed by atoms with E-state index >= 15 is 0 Å². The molecule has 25 heavy (non-hydrogen) atoms. The Morgan fingerprint density at radius 2 is 1.80 bits per heavy atom. The van der Waals surface area contributed by atoms with Crippen molar-refractivity contribution < 1.29 is 26.3 Å². The quantitative estimate of drug-likeness (QED) is 0.800. The molecular formula is C14H7Cl2F3N2O3S. The van der Waals surface area contributed by atoms with Crippen LogP contribution in [0.2, 0.25) is 10.0 Å². The van der Waals surface area contributed by atoms with Crippen molar-refractivity contribution in [3.63, 3.8) is 0 Å². The molecule has 132 valence electrons. The van der Waals surface area contributed by atoms with Crippen LogP contribution in [0.15, 0.2) is 41.3 Å². The van der Waals surface area contributed by atoms with Crippen molar-refractivity contribution in [3.8, 4) is 11.8 Å². The second-order valence-electron chi connectivity index (χ2n) is 4.55. The monoisotopic (exact) mass is 410 g/mol. The van der Waals surface area contributed by atoms with Crippen molar-refractivity contribution >= 4 is 38.9 Å². The third kappa shape index (κ3) is 4.92. The van der Waals surface area contributed by atoms with Gasteiger partial charge in [-0.15, -0.1) is 13.2 Å². The van der Waals surface area contributed by atoms with Crippen LogP contribution in [0, 0.1) is 11.3 Å². The van der Waals surface area contributed by atoms with Gasteiger partial charge in [-0.3, -0.25) is 4.72 Å². The van der Waals surface area contributed by atoms with Gasteiger partial charge >= 0.3 is 6.36 Å². The number of halogens is 5. The van der Waals surface area contributed by atoms with Crippen molar-refractivity contribution in [1.82, 2.24) is 0 Å². The van der Waals surface area contributed by atoms with E-state index in [-0.39, 0.29) is 20.5 Å². The van der Waals surface area contributed by atoms with Crippen LogP contribution in [0.4, 0.5) is 18.9 Å². The number of ether oxygens (including phenoxy) is 1. The molecule has 0 amide bonds. The van der Waals surface area contributed by atoms with Gasteiger partial charge in [-0.25, -0.2) is 8.42 Å². The van der Waals surface area contributed by atoms with E-state index in [1.165, 1.54) is 12.1 Å². The summed E-state index contributed by atoms with van der Waals surface area (Å²) in [5.74, 6) is -0.875. The molecule has 11 heteroatoms. The average molecular weight is 411 g/mol. The summed E-state index contributed by atoms with van der Waals surface area (Å²) in [6.07, 6.45) is -5.08. The second kappa shape index (κ2) is 7.00. The maximum atomic E-state index is 12.5. The van der Waals surface area contributed by atoms with Gasteiger partial charge in [0.2, 0.25) is 0 Å². The maximum Gasteiger partial charge on any atom is 0.573 e. The molecule has 0 atom stereocenters. The molecule has 0 heterocycles. The fourth-order valence-corrected chi connectivity index (χ4v) is 3.62. The average Bonchev–Trinajstić information content (AvgIpc) is 2.46. The zero-order chi connectivity index (χ0) is 18.8. The first-order valence-electron chi connectivity index (χ1n) is 6.29. The van der Waals surface area contributed by atoms with E-state index in [2.05, 4.69) is 4.74 Å². The summed E-state index contributed by atoms with van der Waals surface area (Å²) in [7, 11) is -4.33. The van der Waals surface area contributed by atoms with Crippen molar-refractivity contribution in [3.05, 3.63) is 52.0 Å². The number of sulfonamides is 1. The zero-order valence-corrected chi connectivity index (χ0v) is 14.3. The van der Waals surface area contributed by atoms with Crippen LogP contribution in [0.25, 0.3) is 0 Å². The number of anilines is 1. The Morgan fingerprint density at radius 3 is 2.36 bits per heavy atom. The molecule has 2 aromatic carbocycles. The molecule has 0 aromatic heterocycles. The van der Waals surface area contributed by atoms with E-state index in [1.54, 1.807) is 6.07 Å². The Hall–Kier alpha value is -2.15. The SMILES string of the molecule is N#Cc1ccc(NS(=O)(=O)c2ccc(Cl)cc2Cl)c(OC(F)(F)F)c1. The minimum absolute atomic E-state index is 0.147. The summed E-state index contributed by atoms with van der Waals surface area (Å²) in [4.78, 5) is -0.388. The summed E-state index contributed by atoms with van der Waals surface area (Å²) >= 11 is 11.5.